The number of hydrogen-bond donors (Lipinski definition) is 3. The highest BCUT2D eigenvalue weighted by Crippen LogP contribution is 2.55. The van der Waals surface area contributed by atoms with Crippen LogP contribution in [-0.2, 0) is 4.57 Å². The molecular formula is C11H15O6P. The van der Waals surface area contributed by atoms with Crippen molar-refractivity contribution in [1.29, 1.82) is 0 Å². The van der Waals surface area contributed by atoms with Crippen LogP contribution in [0.2, 0.25) is 0 Å². The predicted octanol–water partition coefficient (Wildman–Crippen LogP) is 0.787. The van der Waals surface area contributed by atoms with Gasteiger partial charge in [-0.15, -0.1) is 0 Å². The van der Waals surface area contributed by atoms with E-state index in [0.717, 1.165) is 6.42 Å². The maximum absolute atomic E-state index is 12.6. The highest BCUT2D eigenvalue weighted by Gasteiger charge is 2.37. The van der Waals surface area contributed by atoms with Crippen molar-refractivity contribution in [1.82, 2.24) is 0 Å². The number of hydrogen-bond acceptors (Lipinski definition) is 6. The Labute approximate surface area is 104 Å². The van der Waals surface area contributed by atoms with E-state index in [1.165, 1.54) is 12.1 Å². The highest BCUT2D eigenvalue weighted by molar-refractivity contribution is 7.72. The summed E-state index contributed by atoms with van der Waals surface area (Å²) in [7, 11) is -2.70. The lowest BCUT2D eigenvalue weighted by atomic mass is 10.3. The van der Waals surface area contributed by atoms with Crippen molar-refractivity contribution < 1.29 is 29.4 Å². The molecule has 0 saturated carbocycles. The molecule has 0 fully saturated rings. The maximum atomic E-state index is 12.6. The molecule has 0 bridgehead atoms. The lowest BCUT2D eigenvalue weighted by molar-refractivity contribution is -0.179. The average Bonchev–Trinajstić information content (AvgIpc) is 2.56. The molecular weight excluding hydrogens is 259 g/mol. The minimum atomic E-state index is -2.70. The molecule has 0 aromatic heterocycles. The van der Waals surface area contributed by atoms with Gasteiger partial charge in [0.05, 0.1) is 5.30 Å². The normalized spacial score (nSPS) is 21.8. The quantitative estimate of drug-likeness (QED) is 0.555. The molecule has 0 spiro atoms. The molecule has 1 aromatic carbocycles. The van der Waals surface area contributed by atoms with E-state index >= 15 is 0 Å². The van der Waals surface area contributed by atoms with Gasteiger partial charge in [-0.1, -0.05) is 6.92 Å². The Hall–Kier alpha value is -1.23. The Balaban J connectivity index is 2.41. The minimum Gasteiger partial charge on any atom is -0.507 e. The van der Waals surface area contributed by atoms with Crippen molar-refractivity contribution in [3.63, 3.8) is 0 Å². The van der Waals surface area contributed by atoms with Gasteiger partial charge in [0.2, 0.25) is 0 Å². The summed E-state index contributed by atoms with van der Waals surface area (Å²) in [6.07, 6.45) is 1.26. The van der Waals surface area contributed by atoms with Gasteiger partial charge in [-0.05, 0) is 6.42 Å². The molecule has 1 unspecified atom stereocenters. The van der Waals surface area contributed by atoms with Gasteiger partial charge in [0.25, 0.3) is 0 Å². The summed E-state index contributed by atoms with van der Waals surface area (Å²) in [5, 5.41) is 27.6. The first kappa shape index (κ1) is 13.2. The van der Waals surface area contributed by atoms with Gasteiger partial charge in [-0.25, -0.2) is 0 Å². The summed E-state index contributed by atoms with van der Waals surface area (Å²) in [4.78, 5) is 0. The van der Waals surface area contributed by atoms with E-state index in [2.05, 4.69) is 4.74 Å². The third kappa shape index (κ3) is 2.32. The number of aliphatic hydroxyl groups is 2. The van der Waals surface area contributed by atoms with Crippen molar-refractivity contribution >= 4 is 12.4 Å². The van der Waals surface area contributed by atoms with Gasteiger partial charge >= 0.3 is 6.48 Å². The van der Waals surface area contributed by atoms with Crippen LogP contribution in [0.1, 0.15) is 13.3 Å². The summed E-state index contributed by atoms with van der Waals surface area (Å²) in [6.45, 7) is -0.0693. The number of rotatable bonds is 4. The number of phenolic OH excluding ortho intramolecular Hbond substituents is 1. The van der Waals surface area contributed by atoms with Gasteiger partial charge in [0.1, 0.15) is 23.6 Å². The van der Waals surface area contributed by atoms with Crippen LogP contribution >= 0.6 is 7.14 Å². The molecule has 0 aliphatic carbocycles. The fourth-order valence-corrected chi connectivity index (χ4v) is 4.62. The lowest BCUT2D eigenvalue weighted by Gasteiger charge is -2.12. The molecule has 0 radical (unpaired) electrons. The van der Waals surface area contributed by atoms with Crippen molar-refractivity contribution in [3.8, 4) is 17.2 Å². The molecule has 1 aliphatic rings. The molecule has 18 heavy (non-hydrogen) atoms. The van der Waals surface area contributed by atoms with Crippen LogP contribution in [0, 0.1) is 0 Å². The van der Waals surface area contributed by atoms with E-state index in [4.69, 9.17) is 14.9 Å². The summed E-state index contributed by atoms with van der Waals surface area (Å²) in [5.41, 5.74) is 0. The molecule has 7 heteroatoms. The smallest absolute Gasteiger partial charge is 0.310 e. The second-order valence-corrected chi connectivity index (χ2v) is 7.05. The minimum absolute atomic E-state index is 0.0474. The largest absolute Gasteiger partial charge is 0.507 e. The van der Waals surface area contributed by atoms with Gasteiger partial charge in [-0.2, -0.15) is 0 Å². The summed E-state index contributed by atoms with van der Waals surface area (Å²) >= 11 is 0. The van der Waals surface area contributed by atoms with Crippen molar-refractivity contribution in [2.45, 2.75) is 19.8 Å². The van der Waals surface area contributed by atoms with Crippen molar-refractivity contribution in [2.24, 2.45) is 0 Å². The summed E-state index contributed by atoms with van der Waals surface area (Å²) in [6, 6.07) is 2.60. The molecule has 0 amide bonds. The molecule has 1 aliphatic heterocycles. The van der Waals surface area contributed by atoms with Crippen LogP contribution in [0.25, 0.3) is 0 Å². The van der Waals surface area contributed by atoms with E-state index < -0.39 is 13.6 Å². The molecule has 2 rings (SSSR count). The molecule has 3 N–H and O–H groups in total. The van der Waals surface area contributed by atoms with Gasteiger partial charge in [-0.3, -0.25) is 0 Å². The zero-order valence-electron chi connectivity index (χ0n) is 9.87. The predicted molar refractivity (Wildman–Crippen MR) is 64.9 cm³/mol. The van der Waals surface area contributed by atoms with E-state index in [9.17, 15) is 9.67 Å². The number of ether oxygens (including phenoxy) is 2. The van der Waals surface area contributed by atoms with E-state index in [1.54, 1.807) is 0 Å². The van der Waals surface area contributed by atoms with Crippen molar-refractivity contribution in [3.05, 3.63) is 12.1 Å². The topological polar surface area (TPSA) is 96.2 Å². The molecule has 100 valence electrons. The van der Waals surface area contributed by atoms with Gasteiger partial charge in [0, 0.05) is 18.3 Å². The van der Waals surface area contributed by atoms with Crippen LogP contribution in [-0.4, -0.2) is 34.3 Å². The number of aromatic hydroxyl groups is 1. The monoisotopic (exact) mass is 274 g/mol. The molecule has 1 atom stereocenters. The number of phenols is 1. The lowest BCUT2D eigenvalue weighted by Crippen LogP contribution is -2.14. The highest BCUT2D eigenvalue weighted by atomic mass is 31.2. The zero-order valence-corrected chi connectivity index (χ0v) is 10.8. The maximum Gasteiger partial charge on any atom is 0.310 e. The average molecular weight is 274 g/mol. The number of aliphatic hydroxyl groups excluding tert-OH is 1. The Morgan fingerprint density at radius 3 is 2.83 bits per heavy atom. The van der Waals surface area contributed by atoms with Crippen LogP contribution in [0.5, 0.6) is 17.2 Å². The third-order valence-corrected chi connectivity index (χ3v) is 5.67. The standard InChI is InChI=1S/C11H15O6P/c1-2-3-18(15)6-16-9-5-7(17-11(13)14)4-8(12)10(9)18/h4-5,11-14H,2-3,6H2,1H3. The van der Waals surface area contributed by atoms with E-state index in [1.807, 2.05) is 6.92 Å². The van der Waals surface area contributed by atoms with Gasteiger partial charge < -0.3 is 29.4 Å². The summed E-state index contributed by atoms with van der Waals surface area (Å²) < 4.78 is 22.5. The summed E-state index contributed by atoms with van der Waals surface area (Å²) in [5.74, 6) is 0.131. The Morgan fingerprint density at radius 2 is 2.22 bits per heavy atom. The van der Waals surface area contributed by atoms with E-state index in [-0.39, 0.29) is 23.6 Å². The second kappa shape index (κ2) is 4.80. The molecule has 6 nitrogen and oxygen atoms in total. The number of benzene rings is 1. The first-order valence-electron chi connectivity index (χ1n) is 5.57. The third-order valence-electron chi connectivity index (χ3n) is 2.69. The Bertz CT molecular complexity index is 499. The molecule has 1 heterocycles. The fraction of sp³-hybridized carbons (Fsp3) is 0.455. The van der Waals surface area contributed by atoms with Crippen LogP contribution < -0.4 is 14.8 Å². The Kier molecular flexibility index (Phi) is 3.52. The SMILES string of the molecule is CCCP1(=O)COc2cc(OC(O)O)cc(O)c21. The first-order chi connectivity index (χ1) is 8.46. The van der Waals surface area contributed by atoms with Crippen LogP contribution in [0.4, 0.5) is 0 Å². The van der Waals surface area contributed by atoms with Crippen molar-refractivity contribution in [2.75, 3.05) is 12.5 Å². The Morgan fingerprint density at radius 1 is 1.50 bits per heavy atom. The van der Waals surface area contributed by atoms with Crippen LogP contribution in [0.3, 0.4) is 0 Å². The zero-order chi connectivity index (χ0) is 13.3. The fourth-order valence-electron chi connectivity index (χ4n) is 2.05. The molecule has 1 aromatic rings. The first-order valence-corrected chi connectivity index (χ1v) is 7.65. The van der Waals surface area contributed by atoms with E-state index in [0.29, 0.717) is 11.5 Å². The van der Waals surface area contributed by atoms with Gasteiger partial charge in [0.15, 0.2) is 7.14 Å². The van der Waals surface area contributed by atoms with Crippen LogP contribution in [0.15, 0.2) is 12.1 Å². The second-order valence-electron chi connectivity index (χ2n) is 4.12. The number of fused-ring (bicyclic) bond motifs is 1. The molecule has 0 saturated heterocycles.